The number of methoxy groups -OCH3 is 3. The minimum absolute atomic E-state index is 0. The minimum atomic E-state index is -1.00. The summed E-state index contributed by atoms with van der Waals surface area (Å²) in [5, 5.41) is 49.7. The first-order valence-corrected chi connectivity index (χ1v) is 48.7. The van der Waals surface area contributed by atoms with Crippen LogP contribution in [0.2, 0.25) is 0 Å². The van der Waals surface area contributed by atoms with Gasteiger partial charge in [-0.15, -0.1) is 11.8 Å². The van der Waals surface area contributed by atoms with Crippen LogP contribution in [0.25, 0.3) is 0 Å². The van der Waals surface area contributed by atoms with Crippen LogP contribution in [0.1, 0.15) is 153 Å². The molecule has 24 N–H and O–H groups in total. The van der Waals surface area contributed by atoms with Crippen molar-refractivity contribution in [3.63, 3.8) is 0 Å². The zero-order valence-corrected chi connectivity index (χ0v) is 84.9. The molecule has 0 fully saturated rings. The molecule has 0 aliphatic heterocycles. The van der Waals surface area contributed by atoms with Crippen molar-refractivity contribution in [2.24, 2.45) is 129 Å². The molecule has 0 saturated carbocycles. The number of rotatable bonds is 53. The number of aliphatic hydroxyl groups excluding tert-OH is 3. The SMILES string of the molecule is CC(C)[C@H](C)C(=O)C[C@@H](CSCC(N)=O)C(=O)Nc1ccc(CO)cc1.CC(C)[C@H](C)C(=O)C[C@@H](CSCC(N)=O)C(=O)O.CC(C)[C@H](C)C(=O)C[C@H](CSCC(N)=O)C(=O)Nc1ccc(CO)cc1.CC(C)[C@H](C)C(=O)O.COC(=O)[C@@H](C)CSCC(N)=O.COC(=O)[C@@H](N)CSCC(N)=O.COC(=O)[C@H](CSCC(N)=O)CC(=O)[C@@H](C)C(C)C.Nc1ccc(CO)cc1.[Li+].[OH-]. The molecule has 0 aliphatic carbocycles. The summed E-state index contributed by atoms with van der Waals surface area (Å²) in [6.45, 7) is 30.3. The van der Waals surface area contributed by atoms with E-state index in [9.17, 15) is 81.5 Å². The molecule has 0 spiro atoms. The van der Waals surface area contributed by atoms with Gasteiger partial charge in [0.1, 0.15) is 29.2 Å². The predicted octanol–water partition coefficient (Wildman–Crippen LogP) is 4.48. The van der Waals surface area contributed by atoms with Crippen molar-refractivity contribution in [2.75, 3.05) is 107 Å². The number of anilines is 3. The van der Waals surface area contributed by atoms with Crippen molar-refractivity contribution >= 4 is 188 Å². The zero-order valence-electron chi connectivity index (χ0n) is 80.0. The quantitative estimate of drug-likeness (QED) is 0.0160. The van der Waals surface area contributed by atoms with Crippen LogP contribution in [0.3, 0.4) is 0 Å². The molecular formula is C89H147LiN10O26S6. The van der Waals surface area contributed by atoms with Gasteiger partial charge in [-0.05, 0) is 82.7 Å². The van der Waals surface area contributed by atoms with Gasteiger partial charge in [0.2, 0.25) is 47.3 Å². The van der Waals surface area contributed by atoms with Crippen LogP contribution in [0.15, 0.2) is 72.8 Å². The Hall–Kier alpha value is -8.25. The molecule has 746 valence electrons. The van der Waals surface area contributed by atoms with E-state index in [0.717, 1.165) is 34.1 Å². The number of aliphatic hydroxyl groups is 3. The average Bonchev–Trinajstić information content (AvgIpc) is 0.872. The van der Waals surface area contributed by atoms with Crippen LogP contribution in [0.5, 0.6) is 0 Å². The predicted molar refractivity (Wildman–Crippen MR) is 521 cm³/mol. The van der Waals surface area contributed by atoms with Crippen LogP contribution in [-0.4, -0.2) is 228 Å². The van der Waals surface area contributed by atoms with Crippen molar-refractivity contribution in [2.45, 2.75) is 162 Å². The molecular weight excluding hydrogens is 1820 g/mol. The molecule has 43 heteroatoms. The molecule has 132 heavy (non-hydrogen) atoms. The number of primary amides is 6. The molecule has 3 rings (SSSR count). The van der Waals surface area contributed by atoms with Gasteiger partial charge in [-0.25, -0.2) is 0 Å². The summed E-state index contributed by atoms with van der Waals surface area (Å²) in [5.41, 5.74) is 45.2. The molecule has 0 aliphatic rings. The fraction of sp³-hybridized carbons (Fsp3) is 0.607. The molecule has 36 nitrogen and oxygen atoms in total. The number of aliphatic carboxylic acids is 2. The number of hydrogen-bond acceptors (Lipinski definition) is 32. The van der Waals surface area contributed by atoms with Gasteiger partial charge in [0.25, 0.3) is 0 Å². The average molecular weight is 1970 g/mol. The second kappa shape index (κ2) is 80.1. The third kappa shape index (κ3) is 71.3. The van der Waals surface area contributed by atoms with Gasteiger partial charge in [-0.1, -0.05) is 147 Å². The number of nitrogen functional groups attached to an aromatic ring is 1. The Balaban J connectivity index is -0.000000278. The zero-order chi connectivity index (χ0) is 101. The van der Waals surface area contributed by atoms with Crippen molar-refractivity contribution in [1.82, 2.24) is 0 Å². The molecule has 3 aromatic carbocycles. The first-order chi connectivity index (χ1) is 60.5. The number of nitrogens with one attached hydrogen (secondary N) is 2. The van der Waals surface area contributed by atoms with Gasteiger partial charge < -0.3 is 102 Å². The van der Waals surface area contributed by atoms with E-state index in [1.54, 1.807) is 86.6 Å². The summed E-state index contributed by atoms with van der Waals surface area (Å²) >= 11 is 7.46. The Morgan fingerprint density at radius 3 is 0.795 bits per heavy atom. The Morgan fingerprint density at radius 1 is 0.326 bits per heavy atom. The number of carbonyl (C=O) groups is 17. The number of amides is 8. The van der Waals surface area contributed by atoms with Crippen LogP contribution in [-0.2, 0) is 116 Å². The number of ketones is 4. The van der Waals surface area contributed by atoms with Gasteiger partial charge in [0.15, 0.2) is 0 Å². The Labute approximate surface area is 815 Å². The van der Waals surface area contributed by atoms with Crippen molar-refractivity contribution < 1.29 is 146 Å². The largest absolute Gasteiger partial charge is 1.00 e. The Morgan fingerprint density at radius 2 is 0.561 bits per heavy atom. The van der Waals surface area contributed by atoms with E-state index in [1.807, 2.05) is 96.9 Å². The number of esters is 3. The second-order valence-electron chi connectivity index (χ2n) is 31.9. The number of carbonyl (C=O) groups excluding carboxylic acids is 15. The molecule has 3 aromatic rings. The molecule has 8 amide bonds. The maximum atomic E-state index is 12.6. The van der Waals surface area contributed by atoms with Gasteiger partial charge in [0, 0.05) is 101 Å². The molecule has 0 unspecified atom stereocenters. The van der Waals surface area contributed by atoms with Crippen LogP contribution >= 0.6 is 70.6 Å². The number of Topliss-reactive ketones (excluding diaryl/α,β-unsaturated/α-hetero) is 4. The summed E-state index contributed by atoms with van der Waals surface area (Å²) in [6.07, 6.45) is 0.426. The summed E-state index contributed by atoms with van der Waals surface area (Å²) < 4.78 is 13.6. The number of nitrogens with two attached hydrogens (primary N) is 8. The van der Waals surface area contributed by atoms with Crippen LogP contribution < -0.4 is 75.4 Å². The summed E-state index contributed by atoms with van der Waals surface area (Å²) in [6, 6.07) is 20.2. The van der Waals surface area contributed by atoms with E-state index in [2.05, 4.69) is 20.1 Å². The van der Waals surface area contributed by atoms with Crippen LogP contribution in [0, 0.1) is 88.8 Å². The van der Waals surface area contributed by atoms with Gasteiger partial charge in [0.05, 0.1) is 111 Å². The number of carboxylic acid groups (broad SMARTS) is 2. The number of carboxylic acids is 2. The van der Waals surface area contributed by atoms with E-state index < -0.39 is 83.1 Å². The summed E-state index contributed by atoms with van der Waals surface area (Å²) in [7, 11) is 3.91. The van der Waals surface area contributed by atoms with Gasteiger partial charge in [-0.3, -0.25) is 81.5 Å². The molecule has 0 saturated heterocycles. The third-order valence-electron chi connectivity index (χ3n) is 19.3. The summed E-state index contributed by atoms with van der Waals surface area (Å²) in [4.78, 5) is 192. The maximum Gasteiger partial charge on any atom is 1.00 e. The monoisotopic (exact) mass is 1970 g/mol. The van der Waals surface area contributed by atoms with E-state index in [1.165, 1.54) is 80.1 Å². The van der Waals surface area contributed by atoms with Crippen molar-refractivity contribution in [3.8, 4) is 0 Å². The number of thioether (sulfide) groups is 6. The normalized spacial score (nSPS) is 12.9. The van der Waals surface area contributed by atoms with E-state index in [-0.39, 0.29) is 222 Å². The topological polar surface area (TPSA) is 681 Å². The molecule has 0 heterocycles. The smallest absolute Gasteiger partial charge is 0.870 e. The number of ether oxygens (including phenoxy) is 3. The first kappa shape index (κ1) is 137. The molecule has 11 atom stereocenters. The van der Waals surface area contributed by atoms with Crippen LogP contribution in [0.4, 0.5) is 17.1 Å². The first-order valence-electron chi connectivity index (χ1n) is 41.7. The minimum Gasteiger partial charge on any atom is -0.870 e. The van der Waals surface area contributed by atoms with Gasteiger partial charge in [-0.2, -0.15) is 58.8 Å². The third-order valence-corrected chi connectivity index (χ3v) is 26.1. The van der Waals surface area contributed by atoms with E-state index in [4.69, 9.17) is 76.1 Å². The van der Waals surface area contributed by atoms with Crippen molar-refractivity contribution in [3.05, 3.63) is 89.5 Å². The van der Waals surface area contributed by atoms with Crippen molar-refractivity contribution in [1.29, 1.82) is 0 Å². The van der Waals surface area contributed by atoms with E-state index in [0.29, 0.717) is 40.1 Å². The molecule has 0 radical (unpaired) electrons. The molecule has 0 bridgehead atoms. The number of hydrogen-bond donors (Lipinski definition) is 15. The maximum absolute atomic E-state index is 12.6. The standard InChI is InChI=1S/2C19H28N2O4S.C13H23NO4S.C12H21NO4S.C7H13NO3S.C7H9NO.C6H12N2O3S.C6H12O2.Li.H2O/c2*1-12(2)13(3)17(23)8-15(10-26-11-18(20)24)19(25)21-16-6-4-14(9-22)5-7-16;1-8(2)9(3)11(15)5-10(13(17)18-4)6-19-7-12(14)16;1-7(2)8(3)10(14)4-9(12(16)17)5-18-6-11(13)15;1-5(7(10)11-2)3-12-4-6(8)9;8-7-3-1-6(5-9)2-4-7;1-11-6(10)4(7)2-12-3-5(8)9;1-4(2)5(3)6(7)8;;/h2*4-7,12-13,15,22H,8-11H2,1-3H3,(H2,20,24)(H,21,25);8-10H,5-7H2,1-4H3,(H2,14,16);7-9H,4-6H2,1-3H3,(H2,13,15)(H,16,17);5H,3-4H2,1-2H3,(H2,8,9);1-4,9H,5,8H2;4H,2-3,7H2,1H3,(H2,8,9);4-5H,1-3H3,(H,7,8);;1H2/q;;;;;;;;+1;/p-1/t13-,15+;13-,15-;9-,10-;8-,9-;5-;;4-;5-;;/m00000.00../s1. The molecule has 0 aromatic heterocycles. The fourth-order valence-electron chi connectivity index (χ4n) is 9.35. The Bertz CT molecular complexity index is 3750. The van der Waals surface area contributed by atoms with E-state index >= 15 is 0 Å². The number of benzene rings is 3. The Kier molecular flexibility index (Phi) is 83.0. The van der Waals surface area contributed by atoms with Gasteiger partial charge >= 0.3 is 48.7 Å². The summed E-state index contributed by atoms with van der Waals surface area (Å²) in [5.74, 6) is -4.96. The fourth-order valence-corrected chi connectivity index (χ4v) is 14.3. The second-order valence-corrected chi connectivity index (χ2v) is 38.0.